The lowest BCUT2D eigenvalue weighted by atomic mass is 10.0. The Balaban J connectivity index is 2.20. The average Bonchev–Trinajstić information content (AvgIpc) is 2.83. The molecule has 0 radical (unpaired) electrons. The van der Waals surface area contributed by atoms with Crippen molar-refractivity contribution in [1.82, 2.24) is 0 Å². The van der Waals surface area contributed by atoms with Gasteiger partial charge in [-0.1, -0.05) is 47.5 Å². The largest absolute Gasteiger partial charge is 0.483 e. The van der Waals surface area contributed by atoms with Gasteiger partial charge in [-0.25, -0.2) is 0 Å². The molecule has 0 aliphatic carbocycles. The lowest BCUT2D eigenvalue weighted by Gasteiger charge is -2.26. The molecular weight excluding hydrogens is 323 g/mol. The van der Waals surface area contributed by atoms with E-state index in [2.05, 4.69) is 0 Å². The minimum absolute atomic E-state index is 0.0330. The molecule has 1 amide bonds. The molecule has 0 saturated heterocycles. The van der Waals surface area contributed by atoms with Crippen LogP contribution in [0.2, 0.25) is 10.0 Å². The van der Waals surface area contributed by atoms with Gasteiger partial charge in [-0.05, 0) is 23.8 Å². The van der Waals surface area contributed by atoms with Gasteiger partial charge in [0, 0.05) is 5.56 Å². The lowest BCUT2D eigenvalue weighted by Crippen LogP contribution is -2.33. The topological polar surface area (TPSA) is 53.4 Å². The van der Waals surface area contributed by atoms with Gasteiger partial charge in [0.15, 0.2) is 0 Å². The molecule has 1 atom stereocenters. The summed E-state index contributed by atoms with van der Waals surface area (Å²) in [5, 5.41) is 8.70. The number of nitrogens with one attached hydrogen (secondary N) is 1. The number of nitrogens with zero attached hydrogens (tertiary/aromatic N) is 1. The van der Waals surface area contributed by atoms with Crippen molar-refractivity contribution in [2.24, 2.45) is 0 Å². The second kappa shape index (κ2) is 5.63. The SMILES string of the molecule is COC(=N)C1c2ccccc2C(=O)N1c1cccc(Cl)c1Cl. The van der Waals surface area contributed by atoms with Gasteiger partial charge in [-0.3, -0.25) is 15.1 Å². The molecule has 0 spiro atoms. The molecule has 3 rings (SSSR count). The van der Waals surface area contributed by atoms with E-state index in [1.54, 1.807) is 30.3 Å². The minimum atomic E-state index is -0.648. The first-order valence-electron chi connectivity index (χ1n) is 6.55. The number of hydrogen-bond donors (Lipinski definition) is 1. The fraction of sp³-hybridized carbons (Fsp3) is 0.125. The number of carbonyl (C=O) groups is 1. The van der Waals surface area contributed by atoms with Crippen LogP contribution in [-0.2, 0) is 4.74 Å². The second-order valence-corrected chi connectivity index (χ2v) is 5.59. The molecule has 2 aromatic rings. The van der Waals surface area contributed by atoms with Gasteiger partial charge >= 0.3 is 0 Å². The van der Waals surface area contributed by atoms with E-state index in [1.165, 1.54) is 12.0 Å². The first kappa shape index (κ1) is 14.9. The van der Waals surface area contributed by atoms with Gasteiger partial charge in [0.25, 0.3) is 5.91 Å². The van der Waals surface area contributed by atoms with Gasteiger partial charge in [0.05, 0.1) is 22.8 Å². The van der Waals surface area contributed by atoms with Crippen LogP contribution in [-0.4, -0.2) is 18.9 Å². The first-order valence-corrected chi connectivity index (χ1v) is 7.30. The summed E-state index contributed by atoms with van der Waals surface area (Å²) in [6, 6.07) is 11.6. The summed E-state index contributed by atoms with van der Waals surface area (Å²) in [5.74, 6) is -0.263. The lowest BCUT2D eigenvalue weighted by molar-refractivity contribution is 0.0993. The average molecular weight is 335 g/mol. The third kappa shape index (κ3) is 2.16. The molecule has 1 heterocycles. The van der Waals surface area contributed by atoms with Gasteiger partial charge < -0.3 is 4.74 Å². The summed E-state index contributed by atoms with van der Waals surface area (Å²) in [6.07, 6.45) is 0. The number of methoxy groups -OCH3 is 1. The van der Waals surface area contributed by atoms with E-state index < -0.39 is 6.04 Å². The summed E-state index contributed by atoms with van der Waals surface area (Å²) in [5.41, 5.74) is 1.71. The number of anilines is 1. The van der Waals surface area contributed by atoms with Crippen molar-refractivity contribution in [3.05, 3.63) is 63.6 Å². The van der Waals surface area contributed by atoms with Crippen LogP contribution < -0.4 is 4.90 Å². The predicted octanol–water partition coefficient (Wildman–Crippen LogP) is 4.32. The van der Waals surface area contributed by atoms with Crippen molar-refractivity contribution in [2.75, 3.05) is 12.0 Å². The Bertz CT molecular complexity index is 776. The summed E-state index contributed by atoms with van der Waals surface area (Å²) < 4.78 is 5.07. The number of halogens is 2. The van der Waals surface area contributed by atoms with E-state index >= 15 is 0 Å². The van der Waals surface area contributed by atoms with Crippen LogP contribution in [0.3, 0.4) is 0 Å². The van der Waals surface area contributed by atoms with E-state index in [0.29, 0.717) is 16.3 Å². The molecule has 0 saturated carbocycles. The Labute approximate surface area is 137 Å². The maximum atomic E-state index is 12.8. The molecule has 112 valence electrons. The highest BCUT2D eigenvalue weighted by Crippen LogP contribution is 2.42. The zero-order valence-corrected chi connectivity index (χ0v) is 13.2. The van der Waals surface area contributed by atoms with Gasteiger partial charge in [0.2, 0.25) is 5.90 Å². The summed E-state index contributed by atoms with van der Waals surface area (Å²) >= 11 is 12.3. The third-order valence-electron chi connectivity index (χ3n) is 3.62. The third-order valence-corrected chi connectivity index (χ3v) is 4.43. The quantitative estimate of drug-likeness (QED) is 0.656. The maximum Gasteiger partial charge on any atom is 0.259 e. The van der Waals surface area contributed by atoms with Gasteiger partial charge in [-0.2, -0.15) is 0 Å². The summed E-state index contributed by atoms with van der Waals surface area (Å²) in [4.78, 5) is 14.2. The molecule has 0 fully saturated rings. The maximum absolute atomic E-state index is 12.8. The molecule has 1 aliphatic heterocycles. The van der Waals surface area contributed by atoms with E-state index in [-0.39, 0.29) is 16.8 Å². The molecule has 22 heavy (non-hydrogen) atoms. The number of hydrogen-bond acceptors (Lipinski definition) is 3. The van der Waals surface area contributed by atoms with Crippen molar-refractivity contribution in [1.29, 1.82) is 5.41 Å². The highest BCUT2D eigenvalue weighted by atomic mass is 35.5. The zero-order valence-electron chi connectivity index (χ0n) is 11.6. The van der Waals surface area contributed by atoms with Crippen molar-refractivity contribution in [3.63, 3.8) is 0 Å². The molecule has 0 aromatic heterocycles. The van der Waals surface area contributed by atoms with Crippen LogP contribution in [0.1, 0.15) is 22.0 Å². The van der Waals surface area contributed by atoms with Crippen molar-refractivity contribution >= 4 is 40.7 Å². The first-order chi connectivity index (χ1) is 10.6. The Morgan fingerprint density at radius 1 is 1.18 bits per heavy atom. The molecule has 1 N–H and O–H groups in total. The van der Waals surface area contributed by atoms with Crippen LogP contribution >= 0.6 is 23.2 Å². The molecule has 2 aromatic carbocycles. The van der Waals surface area contributed by atoms with Gasteiger partial charge in [-0.15, -0.1) is 0 Å². The van der Waals surface area contributed by atoms with Crippen LogP contribution in [0.25, 0.3) is 0 Å². The Kier molecular flexibility index (Phi) is 3.81. The van der Waals surface area contributed by atoms with Gasteiger partial charge in [0.1, 0.15) is 6.04 Å². The number of rotatable bonds is 2. The number of amides is 1. The number of benzene rings is 2. The standard InChI is InChI=1S/C16H12Cl2N2O2/c1-22-15(19)14-9-5-2-3-6-10(9)16(21)20(14)12-8-4-7-11(17)13(12)18/h2-8,14,19H,1H3. The predicted molar refractivity (Wildman–Crippen MR) is 87.2 cm³/mol. The normalized spacial score (nSPS) is 16.6. The zero-order chi connectivity index (χ0) is 15.9. The smallest absolute Gasteiger partial charge is 0.259 e. The fourth-order valence-electron chi connectivity index (χ4n) is 2.61. The minimum Gasteiger partial charge on any atom is -0.483 e. The molecule has 1 aliphatic rings. The Morgan fingerprint density at radius 2 is 1.91 bits per heavy atom. The molecule has 4 nitrogen and oxygen atoms in total. The fourth-order valence-corrected chi connectivity index (χ4v) is 3.00. The van der Waals surface area contributed by atoms with E-state index in [1.807, 2.05) is 12.1 Å². The molecule has 0 bridgehead atoms. The number of ether oxygens (including phenoxy) is 1. The van der Waals surface area contributed by atoms with Crippen molar-refractivity contribution in [3.8, 4) is 0 Å². The highest BCUT2D eigenvalue weighted by molar-refractivity contribution is 6.44. The van der Waals surface area contributed by atoms with Crippen LogP contribution in [0.4, 0.5) is 5.69 Å². The highest BCUT2D eigenvalue weighted by Gasteiger charge is 2.41. The Hall–Kier alpha value is -2.04. The summed E-state index contributed by atoms with van der Waals surface area (Å²) in [7, 11) is 1.41. The van der Waals surface area contributed by atoms with Crippen LogP contribution in [0.15, 0.2) is 42.5 Å². The van der Waals surface area contributed by atoms with E-state index in [0.717, 1.165) is 5.56 Å². The number of fused-ring (bicyclic) bond motifs is 1. The monoisotopic (exact) mass is 334 g/mol. The Morgan fingerprint density at radius 3 is 2.64 bits per heavy atom. The molecular formula is C16H12Cl2N2O2. The van der Waals surface area contributed by atoms with E-state index in [9.17, 15) is 4.79 Å². The van der Waals surface area contributed by atoms with Crippen LogP contribution in [0, 0.1) is 5.41 Å². The van der Waals surface area contributed by atoms with Crippen LogP contribution in [0.5, 0.6) is 0 Å². The molecule has 6 heteroatoms. The van der Waals surface area contributed by atoms with Crippen molar-refractivity contribution < 1.29 is 9.53 Å². The van der Waals surface area contributed by atoms with Crippen molar-refractivity contribution in [2.45, 2.75) is 6.04 Å². The number of carbonyl (C=O) groups excluding carboxylic acids is 1. The molecule has 1 unspecified atom stereocenters. The van der Waals surface area contributed by atoms with E-state index in [4.69, 9.17) is 33.3 Å². The summed E-state index contributed by atoms with van der Waals surface area (Å²) in [6.45, 7) is 0. The second-order valence-electron chi connectivity index (χ2n) is 4.81.